The van der Waals surface area contributed by atoms with Gasteiger partial charge in [0.25, 0.3) is 0 Å². The molecule has 0 fully saturated rings. The lowest BCUT2D eigenvalue weighted by Gasteiger charge is -1.97. The summed E-state index contributed by atoms with van der Waals surface area (Å²) in [5.74, 6) is -0.421. The van der Waals surface area contributed by atoms with Crippen LogP contribution in [0.15, 0.2) is 11.1 Å². The summed E-state index contributed by atoms with van der Waals surface area (Å²) in [5.41, 5.74) is 0.301. The molecule has 0 radical (unpaired) electrons. The van der Waals surface area contributed by atoms with Gasteiger partial charge in [-0.3, -0.25) is 5.10 Å². The van der Waals surface area contributed by atoms with Crippen LogP contribution in [-0.4, -0.2) is 22.8 Å². The third-order valence-corrected chi connectivity index (χ3v) is 1.44. The Morgan fingerprint density at radius 1 is 1.91 bits per heavy atom. The van der Waals surface area contributed by atoms with Gasteiger partial charge in [-0.05, 0) is 6.92 Å². The number of hydrogen-bond acceptors (Lipinski definition) is 4. The highest BCUT2D eigenvalue weighted by Gasteiger charge is 2.11. The van der Waals surface area contributed by atoms with Crippen molar-refractivity contribution in [1.29, 1.82) is 0 Å². The van der Waals surface area contributed by atoms with E-state index in [9.17, 15) is 4.79 Å². The van der Waals surface area contributed by atoms with Crippen LogP contribution >= 0.6 is 12.6 Å². The Morgan fingerprint density at radius 2 is 2.64 bits per heavy atom. The van der Waals surface area contributed by atoms with Gasteiger partial charge in [-0.25, -0.2) is 4.79 Å². The van der Waals surface area contributed by atoms with Crippen molar-refractivity contribution in [3.8, 4) is 0 Å². The fourth-order valence-corrected chi connectivity index (χ4v) is 0.832. The predicted molar refractivity (Wildman–Crippen MR) is 41.8 cm³/mol. The Morgan fingerprint density at radius 3 is 3.09 bits per heavy atom. The molecule has 4 nitrogen and oxygen atoms in total. The Kier molecular flexibility index (Phi) is 2.53. The smallest absolute Gasteiger partial charge is 0.357 e. The first-order chi connectivity index (χ1) is 5.25. The molecule has 0 aliphatic rings. The van der Waals surface area contributed by atoms with Crippen LogP contribution in [0.1, 0.15) is 17.4 Å². The quantitative estimate of drug-likeness (QED) is 0.514. The number of H-pyrrole nitrogens is 1. The van der Waals surface area contributed by atoms with E-state index in [-0.39, 0.29) is 0 Å². The van der Waals surface area contributed by atoms with Crippen LogP contribution in [0.5, 0.6) is 0 Å². The zero-order chi connectivity index (χ0) is 8.27. The number of aromatic nitrogens is 2. The maximum Gasteiger partial charge on any atom is 0.357 e. The minimum atomic E-state index is -0.421. The molecular formula is C6H8N2O2S. The minimum Gasteiger partial charge on any atom is -0.461 e. The number of rotatable bonds is 2. The highest BCUT2D eigenvalue weighted by atomic mass is 32.1. The van der Waals surface area contributed by atoms with Crippen molar-refractivity contribution >= 4 is 18.6 Å². The summed E-state index contributed by atoms with van der Waals surface area (Å²) < 4.78 is 4.71. The summed E-state index contributed by atoms with van der Waals surface area (Å²) in [6.45, 7) is 2.09. The molecule has 1 aromatic heterocycles. The van der Waals surface area contributed by atoms with Gasteiger partial charge in [0.2, 0.25) is 0 Å². The van der Waals surface area contributed by atoms with Crippen molar-refractivity contribution in [1.82, 2.24) is 10.2 Å². The number of aromatic amines is 1. The third-order valence-electron chi connectivity index (χ3n) is 1.10. The molecule has 0 aliphatic heterocycles. The van der Waals surface area contributed by atoms with Gasteiger partial charge >= 0.3 is 5.97 Å². The summed E-state index contributed by atoms with van der Waals surface area (Å²) >= 11 is 3.99. The number of nitrogens with one attached hydrogen (secondary N) is 1. The predicted octanol–water partition coefficient (Wildman–Crippen LogP) is 0.875. The van der Waals surface area contributed by atoms with Gasteiger partial charge in [0.15, 0.2) is 5.69 Å². The number of nitrogens with zero attached hydrogens (tertiary/aromatic N) is 1. The van der Waals surface area contributed by atoms with Crippen LogP contribution in [0.2, 0.25) is 0 Å². The van der Waals surface area contributed by atoms with Crippen LogP contribution in [0.4, 0.5) is 0 Å². The van der Waals surface area contributed by atoms with Crippen molar-refractivity contribution in [3.63, 3.8) is 0 Å². The normalized spacial score (nSPS) is 9.64. The molecule has 0 atom stereocenters. The molecule has 11 heavy (non-hydrogen) atoms. The minimum absolute atomic E-state index is 0.301. The summed E-state index contributed by atoms with van der Waals surface area (Å²) in [6.07, 6.45) is 1.45. The molecule has 1 N–H and O–H groups in total. The van der Waals surface area contributed by atoms with Crippen LogP contribution < -0.4 is 0 Å². The van der Waals surface area contributed by atoms with Gasteiger partial charge in [-0.2, -0.15) is 5.10 Å². The first-order valence-electron chi connectivity index (χ1n) is 3.15. The second kappa shape index (κ2) is 3.43. The van der Waals surface area contributed by atoms with E-state index in [1.54, 1.807) is 6.92 Å². The number of hydrogen-bond donors (Lipinski definition) is 2. The molecule has 0 amide bonds. The maximum atomic E-state index is 11.0. The van der Waals surface area contributed by atoms with Crippen LogP contribution in [0, 0.1) is 0 Å². The van der Waals surface area contributed by atoms with Crippen LogP contribution in [0.3, 0.4) is 0 Å². The van der Waals surface area contributed by atoms with E-state index in [2.05, 4.69) is 22.8 Å². The summed E-state index contributed by atoms with van der Waals surface area (Å²) in [4.78, 5) is 11.5. The lowest BCUT2D eigenvalue weighted by Crippen LogP contribution is -2.05. The second-order valence-corrected chi connectivity index (χ2v) is 2.33. The largest absolute Gasteiger partial charge is 0.461 e. The zero-order valence-electron chi connectivity index (χ0n) is 6.00. The molecule has 0 saturated carbocycles. The van der Waals surface area contributed by atoms with Gasteiger partial charge in [0, 0.05) is 0 Å². The number of carbonyl (C=O) groups excluding carboxylic acids is 1. The molecule has 5 heteroatoms. The van der Waals surface area contributed by atoms with Gasteiger partial charge in [-0.15, -0.1) is 12.6 Å². The molecule has 1 aromatic rings. The topological polar surface area (TPSA) is 55.0 Å². The first-order valence-corrected chi connectivity index (χ1v) is 3.60. The maximum absolute atomic E-state index is 11.0. The van der Waals surface area contributed by atoms with Crippen molar-refractivity contribution in [2.75, 3.05) is 6.61 Å². The van der Waals surface area contributed by atoms with E-state index in [4.69, 9.17) is 4.74 Å². The molecule has 0 aromatic carbocycles. The Balaban J connectivity index is 2.76. The molecule has 0 saturated heterocycles. The summed E-state index contributed by atoms with van der Waals surface area (Å²) in [5, 5.41) is 6.11. The average Bonchev–Trinajstić information content (AvgIpc) is 2.36. The lowest BCUT2D eigenvalue weighted by molar-refractivity contribution is 0.0515. The van der Waals surface area contributed by atoms with E-state index in [0.717, 1.165) is 0 Å². The third kappa shape index (κ3) is 1.74. The highest BCUT2D eigenvalue weighted by Crippen LogP contribution is 2.09. The highest BCUT2D eigenvalue weighted by molar-refractivity contribution is 7.80. The van der Waals surface area contributed by atoms with Gasteiger partial charge in [-0.1, -0.05) is 0 Å². The van der Waals surface area contributed by atoms with E-state index >= 15 is 0 Å². The lowest BCUT2D eigenvalue weighted by atomic mass is 10.4. The molecule has 60 valence electrons. The van der Waals surface area contributed by atoms with E-state index in [1.165, 1.54) is 6.20 Å². The molecule has 1 heterocycles. The van der Waals surface area contributed by atoms with Crippen molar-refractivity contribution in [2.24, 2.45) is 0 Å². The Labute approximate surface area is 69.4 Å². The fourth-order valence-electron chi connectivity index (χ4n) is 0.633. The van der Waals surface area contributed by atoms with Crippen molar-refractivity contribution in [2.45, 2.75) is 11.8 Å². The molecule has 0 unspecified atom stereocenters. The zero-order valence-corrected chi connectivity index (χ0v) is 6.89. The van der Waals surface area contributed by atoms with Crippen molar-refractivity contribution in [3.05, 3.63) is 11.9 Å². The molecule has 1 rings (SSSR count). The summed E-state index contributed by atoms with van der Waals surface area (Å²) in [7, 11) is 0. The molecule has 0 aliphatic carbocycles. The monoisotopic (exact) mass is 172 g/mol. The standard InChI is InChI=1S/C6H8N2O2S/c1-2-10-6(9)5-4(11)3-7-8-5/h3,11H,2H2,1H3,(H,7,8). The number of esters is 1. The summed E-state index contributed by atoms with van der Waals surface area (Å²) in [6, 6.07) is 0. The van der Waals surface area contributed by atoms with Crippen LogP contribution in [0.25, 0.3) is 0 Å². The van der Waals surface area contributed by atoms with Gasteiger partial charge in [0.05, 0.1) is 17.7 Å². The van der Waals surface area contributed by atoms with Crippen LogP contribution in [-0.2, 0) is 4.74 Å². The molecule has 0 bridgehead atoms. The number of thiol groups is 1. The average molecular weight is 172 g/mol. The van der Waals surface area contributed by atoms with Gasteiger partial charge < -0.3 is 4.74 Å². The number of ether oxygens (including phenoxy) is 1. The Hall–Kier alpha value is -0.970. The molecule has 0 spiro atoms. The first kappa shape index (κ1) is 8.13. The van der Waals surface area contributed by atoms with Gasteiger partial charge in [0.1, 0.15) is 0 Å². The van der Waals surface area contributed by atoms with Crippen molar-refractivity contribution < 1.29 is 9.53 Å². The van der Waals surface area contributed by atoms with E-state index < -0.39 is 5.97 Å². The molecular weight excluding hydrogens is 164 g/mol. The Bertz CT molecular complexity index is 259. The SMILES string of the molecule is CCOC(=O)c1[nH]ncc1S. The fraction of sp³-hybridized carbons (Fsp3) is 0.333. The van der Waals surface area contributed by atoms with E-state index in [0.29, 0.717) is 17.2 Å². The van der Waals surface area contributed by atoms with E-state index in [1.807, 2.05) is 0 Å². The number of carbonyl (C=O) groups is 1. The second-order valence-electron chi connectivity index (χ2n) is 1.85.